The van der Waals surface area contributed by atoms with Crippen LogP contribution < -0.4 is 9.47 Å². The van der Waals surface area contributed by atoms with Crippen molar-refractivity contribution >= 4 is 11.8 Å². The van der Waals surface area contributed by atoms with Gasteiger partial charge in [-0.15, -0.1) is 0 Å². The summed E-state index contributed by atoms with van der Waals surface area (Å²) in [6.07, 6.45) is 3.08. The second-order valence-electron chi connectivity index (χ2n) is 7.68. The molecule has 0 aliphatic heterocycles. The van der Waals surface area contributed by atoms with E-state index in [1.54, 1.807) is 55.6 Å². The summed E-state index contributed by atoms with van der Waals surface area (Å²) >= 11 is 0. The molecule has 8 nitrogen and oxygen atoms in total. The third-order valence-electron chi connectivity index (χ3n) is 5.46. The maximum atomic E-state index is 13.0. The molecule has 0 aliphatic rings. The maximum Gasteiger partial charge on any atom is 0.335 e. The molecular weight excluding hydrogens is 448 g/mol. The monoisotopic (exact) mass is 470 g/mol. The van der Waals surface area contributed by atoms with E-state index >= 15 is 0 Å². The summed E-state index contributed by atoms with van der Waals surface area (Å²) in [5.74, 6) is -0.717. The molecule has 0 radical (unpaired) electrons. The molecular formula is C27H22N2O6. The second kappa shape index (κ2) is 10.0. The third-order valence-corrected chi connectivity index (χ3v) is 5.46. The summed E-state index contributed by atoms with van der Waals surface area (Å²) < 4.78 is 11.1. The number of para-hydroxylation sites is 1. The Balaban J connectivity index is 1.49. The van der Waals surface area contributed by atoms with E-state index in [0.717, 1.165) is 0 Å². The Morgan fingerprint density at radius 3 is 2.43 bits per heavy atom. The normalized spacial score (nSPS) is 10.6. The summed E-state index contributed by atoms with van der Waals surface area (Å²) in [4.78, 5) is 32.8. The van der Waals surface area contributed by atoms with Crippen molar-refractivity contribution in [2.75, 3.05) is 7.11 Å². The largest absolute Gasteiger partial charge is 0.507 e. The molecule has 4 aromatic rings. The quantitative estimate of drug-likeness (QED) is 0.357. The van der Waals surface area contributed by atoms with Gasteiger partial charge in [-0.2, -0.15) is 0 Å². The molecule has 0 unspecified atom stereocenters. The van der Waals surface area contributed by atoms with E-state index in [-0.39, 0.29) is 29.3 Å². The Hall–Kier alpha value is -4.72. The van der Waals surface area contributed by atoms with Crippen molar-refractivity contribution in [3.05, 3.63) is 101 Å². The van der Waals surface area contributed by atoms with Gasteiger partial charge in [0.05, 0.1) is 47.6 Å². The molecule has 35 heavy (non-hydrogen) atoms. The molecule has 0 amide bonds. The van der Waals surface area contributed by atoms with Gasteiger partial charge in [0, 0.05) is 11.1 Å². The number of methoxy groups -OCH3 is 1. The molecule has 0 saturated carbocycles. The number of aromatic nitrogens is 2. The van der Waals surface area contributed by atoms with Crippen LogP contribution >= 0.6 is 0 Å². The van der Waals surface area contributed by atoms with Crippen LogP contribution in [0.3, 0.4) is 0 Å². The van der Waals surface area contributed by atoms with Crippen molar-refractivity contribution in [3.8, 4) is 28.5 Å². The number of carbonyl (C=O) groups is 2. The van der Waals surface area contributed by atoms with Gasteiger partial charge in [0.15, 0.2) is 5.78 Å². The summed E-state index contributed by atoms with van der Waals surface area (Å²) in [6.45, 7) is 1.75. The number of aromatic hydroxyl groups is 1. The Labute approximate surface area is 201 Å². The van der Waals surface area contributed by atoms with E-state index < -0.39 is 5.97 Å². The fourth-order valence-electron chi connectivity index (χ4n) is 3.54. The zero-order valence-electron chi connectivity index (χ0n) is 19.1. The molecule has 0 atom stereocenters. The van der Waals surface area contributed by atoms with Gasteiger partial charge in [-0.3, -0.25) is 14.8 Å². The first kappa shape index (κ1) is 23.4. The summed E-state index contributed by atoms with van der Waals surface area (Å²) in [5, 5.41) is 19.8. The first-order chi connectivity index (χ1) is 16.9. The zero-order valence-corrected chi connectivity index (χ0v) is 19.1. The lowest BCUT2D eigenvalue weighted by molar-refractivity contribution is 0.0696. The molecule has 4 rings (SSSR count). The highest BCUT2D eigenvalue weighted by Crippen LogP contribution is 2.33. The Morgan fingerprint density at radius 1 is 0.914 bits per heavy atom. The molecule has 1 heterocycles. The van der Waals surface area contributed by atoms with Gasteiger partial charge >= 0.3 is 5.97 Å². The van der Waals surface area contributed by atoms with Crippen molar-refractivity contribution in [3.63, 3.8) is 0 Å². The van der Waals surface area contributed by atoms with Gasteiger partial charge < -0.3 is 19.7 Å². The molecule has 1 aromatic heterocycles. The number of carbonyl (C=O) groups excluding carboxylic acids is 1. The number of benzene rings is 3. The van der Waals surface area contributed by atoms with E-state index in [1.807, 2.05) is 0 Å². The van der Waals surface area contributed by atoms with Crippen LogP contribution in [0.2, 0.25) is 0 Å². The lowest BCUT2D eigenvalue weighted by Gasteiger charge is -2.14. The van der Waals surface area contributed by atoms with Crippen molar-refractivity contribution in [1.82, 2.24) is 9.97 Å². The second-order valence-corrected chi connectivity index (χ2v) is 7.68. The minimum Gasteiger partial charge on any atom is -0.507 e. The minimum atomic E-state index is -1.01. The molecule has 0 bridgehead atoms. The zero-order chi connectivity index (χ0) is 24.9. The number of phenols is 1. The fraction of sp³-hybridized carbons (Fsp3) is 0.111. The van der Waals surface area contributed by atoms with Crippen LogP contribution in [0.5, 0.6) is 17.2 Å². The first-order valence-corrected chi connectivity index (χ1v) is 10.7. The number of hydrogen-bond donors (Lipinski definition) is 2. The molecule has 2 N–H and O–H groups in total. The van der Waals surface area contributed by atoms with Crippen molar-refractivity contribution in [2.24, 2.45) is 0 Å². The number of hydrogen-bond acceptors (Lipinski definition) is 7. The van der Waals surface area contributed by atoms with Crippen molar-refractivity contribution < 1.29 is 29.3 Å². The average molecular weight is 470 g/mol. The average Bonchev–Trinajstić information content (AvgIpc) is 2.89. The van der Waals surface area contributed by atoms with E-state index in [1.165, 1.54) is 31.5 Å². The van der Waals surface area contributed by atoms with E-state index in [4.69, 9.17) is 14.6 Å². The summed E-state index contributed by atoms with van der Waals surface area (Å²) in [7, 11) is 1.48. The van der Waals surface area contributed by atoms with E-state index in [0.29, 0.717) is 39.6 Å². The molecule has 0 spiro atoms. The number of phenolic OH excluding ortho intramolecular Hbond substituents is 1. The van der Waals surface area contributed by atoms with Gasteiger partial charge in [0.1, 0.15) is 23.9 Å². The van der Waals surface area contributed by atoms with Gasteiger partial charge in [0.2, 0.25) is 0 Å². The van der Waals surface area contributed by atoms with Gasteiger partial charge in [-0.1, -0.05) is 24.3 Å². The third kappa shape index (κ3) is 4.96. The first-order valence-electron chi connectivity index (χ1n) is 10.7. The molecule has 3 aromatic carbocycles. The Bertz CT molecular complexity index is 1400. The summed E-state index contributed by atoms with van der Waals surface area (Å²) in [5.41, 5.74) is 2.79. The van der Waals surface area contributed by atoms with Crippen LogP contribution in [0, 0.1) is 6.92 Å². The predicted octanol–water partition coefficient (Wildman–Crippen LogP) is 4.67. The van der Waals surface area contributed by atoms with Gasteiger partial charge in [0.25, 0.3) is 0 Å². The number of ketones is 1. The number of aromatic carboxylic acids is 1. The van der Waals surface area contributed by atoms with Crippen molar-refractivity contribution in [2.45, 2.75) is 13.5 Å². The molecule has 0 aliphatic carbocycles. The molecule has 0 saturated heterocycles. The highest BCUT2D eigenvalue weighted by molar-refractivity contribution is 6.12. The van der Waals surface area contributed by atoms with Gasteiger partial charge in [-0.25, -0.2) is 4.79 Å². The number of carboxylic acids is 1. The van der Waals surface area contributed by atoms with Crippen LogP contribution in [0.4, 0.5) is 0 Å². The number of carboxylic acid groups (broad SMARTS) is 1. The Kier molecular flexibility index (Phi) is 6.73. The van der Waals surface area contributed by atoms with Crippen LogP contribution in [0.1, 0.15) is 37.5 Å². The smallest absolute Gasteiger partial charge is 0.335 e. The van der Waals surface area contributed by atoms with Crippen LogP contribution in [0.15, 0.2) is 73.1 Å². The van der Waals surface area contributed by atoms with Crippen LogP contribution in [-0.4, -0.2) is 39.0 Å². The molecule has 0 fully saturated rings. The molecule has 8 heteroatoms. The fourth-order valence-corrected chi connectivity index (χ4v) is 3.54. The van der Waals surface area contributed by atoms with E-state index in [2.05, 4.69) is 9.97 Å². The number of nitrogens with zero attached hydrogens (tertiary/aromatic N) is 2. The van der Waals surface area contributed by atoms with Crippen LogP contribution in [0.25, 0.3) is 11.3 Å². The summed E-state index contributed by atoms with van der Waals surface area (Å²) in [6, 6.07) is 16.4. The minimum absolute atomic E-state index is 0.0858. The molecule has 176 valence electrons. The number of rotatable bonds is 8. The Morgan fingerprint density at radius 2 is 1.71 bits per heavy atom. The predicted molar refractivity (Wildman–Crippen MR) is 128 cm³/mol. The topological polar surface area (TPSA) is 119 Å². The standard InChI is InChI=1S/C27H22N2O6/c1-16-23(11-10-21(25(16)30)26(31)20-8-3-4-9-24(20)34-2)35-15-19-13-29-22(14-28-19)17-6-5-7-18(12-17)27(32)33/h3-14,30H,15H2,1-2H3,(H,32,33). The maximum absolute atomic E-state index is 13.0. The van der Waals surface area contributed by atoms with E-state index in [9.17, 15) is 14.7 Å². The van der Waals surface area contributed by atoms with Gasteiger partial charge in [-0.05, 0) is 43.3 Å². The highest BCUT2D eigenvalue weighted by atomic mass is 16.5. The lowest BCUT2D eigenvalue weighted by atomic mass is 9.99. The lowest BCUT2D eigenvalue weighted by Crippen LogP contribution is -2.06. The SMILES string of the molecule is COc1ccccc1C(=O)c1ccc(OCc2cnc(-c3cccc(C(=O)O)c3)cn2)c(C)c1O. The highest BCUT2D eigenvalue weighted by Gasteiger charge is 2.20. The van der Waals surface area contributed by atoms with Crippen molar-refractivity contribution in [1.29, 1.82) is 0 Å². The van der Waals surface area contributed by atoms with Crippen LogP contribution in [-0.2, 0) is 6.61 Å². The number of ether oxygens (including phenoxy) is 2.